The first-order chi connectivity index (χ1) is 15.4. The van der Waals surface area contributed by atoms with Gasteiger partial charge in [-0.15, -0.1) is 0 Å². The fourth-order valence-electron chi connectivity index (χ4n) is 4.19. The molecule has 0 radical (unpaired) electrons. The maximum Gasteiger partial charge on any atom is 0.411 e. The average molecular weight is 469 g/mol. The Labute approximate surface area is 189 Å². The number of ether oxygens (including phenoxy) is 4. The minimum Gasteiger partial charge on any atom is -0.496 e. The molecule has 1 aromatic rings. The van der Waals surface area contributed by atoms with E-state index in [-0.39, 0.29) is 41.3 Å². The maximum atomic E-state index is 13.2. The average Bonchev–Trinajstić information content (AvgIpc) is 2.70. The van der Waals surface area contributed by atoms with Crippen LogP contribution < -0.4 is 10.5 Å². The van der Waals surface area contributed by atoms with Crippen LogP contribution in [0.4, 0.5) is 13.2 Å². The zero-order chi connectivity index (χ0) is 24.6. The third-order valence-electron chi connectivity index (χ3n) is 5.52. The number of methoxy groups -OCH3 is 2. The second-order valence-corrected chi connectivity index (χ2v) is 8.76. The molecule has 1 heterocycles. The van der Waals surface area contributed by atoms with Gasteiger partial charge in [0.05, 0.1) is 26.7 Å². The molecule has 7 nitrogen and oxygen atoms in total. The number of carbonyl (C=O) groups is 2. The van der Waals surface area contributed by atoms with Crippen molar-refractivity contribution in [1.29, 1.82) is 0 Å². The number of hydrogen-bond acceptors (Lipinski definition) is 7. The first-order valence-corrected chi connectivity index (χ1v) is 10.2. The van der Waals surface area contributed by atoms with Gasteiger partial charge in [-0.1, -0.05) is 19.9 Å². The molecule has 2 aliphatic rings. The van der Waals surface area contributed by atoms with Crippen molar-refractivity contribution in [2.75, 3.05) is 20.8 Å². The smallest absolute Gasteiger partial charge is 0.411 e. The van der Waals surface area contributed by atoms with Gasteiger partial charge in [-0.3, -0.25) is 4.79 Å². The van der Waals surface area contributed by atoms with E-state index in [0.717, 1.165) is 0 Å². The van der Waals surface area contributed by atoms with Crippen molar-refractivity contribution in [3.8, 4) is 5.75 Å². The quantitative estimate of drug-likeness (QED) is 0.632. The Morgan fingerprint density at radius 2 is 1.94 bits per heavy atom. The van der Waals surface area contributed by atoms with Crippen LogP contribution in [0.5, 0.6) is 5.75 Å². The molecule has 3 rings (SSSR count). The van der Waals surface area contributed by atoms with Crippen LogP contribution in [0.2, 0.25) is 0 Å². The van der Waals surface area contributed by atoms with Gasteiger partial charge in [-0.2, -0.15) is 13.2 Å². The van der Waals surface area contributed by atoms with Gasteiger partial charge in [-0.05, 0) is 23.1 Å². The van der Waals surface area contributed by atoms with E-state index in [2.05, 4.69) is 0 Å². The molecule has 0 fully saturated rings. The lowest BCUT2D eigenvalue weighted by atomic mass is 9.70. The summed E-state index contributed by atoms with van der Waals surface area (Å²) in [7, 11) is 2.56. The van der Waals surface area contributed by atoms with Crippen LogP contribution in [-0.4, -0.2) is 38.8 Å². The topological polar surface area (TPSA) is 97.1 Å². The van der Waals surface area contributed by atoms with Crippen molar-refractivity contribution in [2.24, 2.45) is 11.1 Å². The van der Waals surface area contributed by atoms with Gasteiger partial charge >= 0.3 is 12.1 Å². The molecule has 0 aromatic heterocycles. The lowest BCUT2D eigenvalue weighted by Gasteiger charge is -2.38. The Hall–Kier alpha value is -3.01. The molecule has 0 spiro atoms. The molecule has 0 amide bonds. The second kappa shape index (κ2) is 9.09. The Bertz CT molecular complexity index is 1030. The molecular formula is C23H26F3NO6. The normalized spacial score (nSPS) is 20.3. The number of rotatable bonds is 6. The SMILES string of the molecule is COC(=O)C1=C(N)OC2=C(C(=O)CC(C)(C)C2)C1c1ccc(OC)c(COCC(F)(F)F)c1. The summed E-state index contributed by atoms with van der Waals surface area (Å²) in [4.78, 5) is 25.8. The minimum atomic E-state index is -4.48. The Kier molecular flexibility index (Phi) is 6.78. The largest absolute Gasteiger partial charge is 0.496 e. The lowest BCUT2D eigenvalue weighted by molar-refractivity contribution is -0.176. The van der Waals surface area contributed by atoms with Crippen molar-refractivity contribution in [3.05, 3.63) is 52.1 Å². The standard InChI is InChI=1S/C23H26F3NO6/c1-22(2)8-14(28)18-16(9-22)33-20(27)19(21(29)31-4)17(18)12-5-6-15(30-3)13(7-12)10-32-11-23(24,25)26/h5-7,17H,8-11,27H2,1-4H3. The highest BCUT2D eigenvalue weighted by atomic mass is 19.4. The van der Waals surface area contributed by atoms with Gasteiger partial charge in [0.1, 0.15) is 23.7 Å². The summed E-state index contributed by atoms with van der Waals surface area (Å²) >= 11 is 0. The van der Waals surface area contributed by atoms with E-state index >= 15 is 0 Å². The van der Waals surface area contributed by atoms with Crippen LogP contribution in [0.15, 0.2) is 41.0 Å². The van der Waals surface area contributed by atoms with Gasteiger partial charge in [-0.25, -0.2) is 4.79 Å². The number of halogens is 3. The van der Waals surface area contributed by atoms with Crippen molar-refractivity contribution in [1.82, 2.24) is 0 Å². The third-order valence-corrected chi connectivity index (χ3v) is 5.52. The number of esters is 1. The van der Waals surface area contributed by atoms with E-state index in [4.69, 9.17) is 24.7 Å². The van der Waals surface area contributed by atoms with Gasteiger partial charge in [0.25, 0.3) is 0 Å². The van der Waals surface area contributed by atoms with Crippen molar-refractivity contribution in [3.63, 3.8) is 0 Å². The molecule has 0 saturated carbocycles. The summed E-state index contributed by atoms with van der Waals surface area (Å²) in [6, 6.07) is 4.70. The van der Waals surface area contributed by atoms with Crippen LogP contribution in [0, 0.1) is 5.41 Å². The molecule has 0 bridgehead atoms. The Balaban J connectivity index is 2.10. The minimum absolute atomic E-state index is 0.0448. The Morgan fingerprint density at radius 1 is 1.24 bits per heavy atom. The number of benzene rings is 1. The van der Waals surface area contributed by atoms with E-state index in [9.17, 15) is 22.8 Å². The fraction of sp³-hybridized carbons (Fsp3) is 0.478. The fourth-order valence-corrected chi connectivity index (χ4v) is 4.19. The van der Waals surface area contributed by atoms with Gasteiger partial charge < -0.3 is 24.7 Å². The highest BCUT2D eigenvalue weighted by molar-refractivity contribution is 6.03. The molecule has 2 N–H and O–H groups in total. The maximum absolute atomic E-state index is 13.2. The highest BCUT2D eigenvalue weighted by Crippen LogP contribution is 2.48. The Morgan fingerprint density at radius 3 is 2.55 bits per heavy atom. The lowest BCUT2D eigenvalue weighted by Crippen LogP contribution is -2.35. The molecule has 10 heteroatoms. The molecule has 0 saturated heterocycles. The molecule has 1 unspecified atom stereocenters. The number of nitrogens with two attached hydrogens (primary N) is 1. The summed E-state index contributed by atoms with van der Waals surface area (Å²) in [5.41, 5.74) is 6.74. The zero-order valence-corrected chi connectivity index (χ0v) is 18.8. The molecule has 1 aliphatic carbocycles. The van der Waals surface area contributed by atoms with Gasteiger partial charge in [0.15, 0.2) is 5.78 Å². The van der Waals surface area contributed by atoms with E-state index in [1.165, 1.54) is 14.2 Å². The first kappa shape index (κ1) is 24.6. The van der Waals surface area contributed by atoms with Crippen LogP contribution in [-0.2, 0) is 30.4 Å². The molecule has 33 heavy (non-hydrogen) atoms. The predicted molar refractivity (Wildman–Crippen MR) is 111 cm³/mol. The van der Waals surface area contributed by atoms with E-state index < -0.39 is 24.7 Å². The predicted octanol–water partition coefficient (Wildman–Crippen LogP) is 3.87. The number of hydrogen-bond donors (Lipinski definition) is 1. The number of allylic oxidation sites excluding steroid dienone is 2. The first-order valence-electron chi connectivity index (χ1n) is 10.2. The van der Waals surface area contributed by atoms with Crippen LogP contribution in [0.3, 0.4) is 0 Å². The highest BCUT2D eigenvalue weighted by Gasteiger charge is 2.45. The van der Waals surface area contributed by atoms with E-state index in [1.54, 1.807) is 18.2 Å². The summed E-state index contributed by atoms with van der Waals surface area (Å²) < 4.78 is 58.3. The van der Waals surface area contributed by atoms with Crippen molar-refractivity contribution >= 4 is 11.8 Å². The molecule has 1 atom stereocenters. The van der Waals surface area contributed by atoms with Gasteiger partial charge in [0.2, 0.25) is 5.88 Å². The van der Waals surface area contributed by atoms with E-state index in [0.29, 0.717) is 29.1 Å². The van der Waals surface area contributed by atoms with Crippen LogP contribution in [0.25, 0.3) is 0 Å². The monoisotopic (exact) mass is 469 g/mol. The number of ketones is 1. The van der Waals surface area contributed by atoms with Gasteiger partial charge in [0, 0.05) is 24.0 Å². The van der Waals surface area contributed by atoms with Crippen LogP contribution >= 0.6 is 0 Å². The van der Waals surface area contributed by atoms with Crippen molar-refractivity contribution in [2.45, 2.75) is 45.4 Å². The summed E-state index contributed by atoms with van der Waals surface area (Å²) in [5.74, 6) is -1.39. The van der Waals surface area contributed by atoms with E-state index in [1.807, 2.05) is 13.8 Å². The summed E-state index contributed by atoms with van der Waals surface area (Å²) in [6.07, 6.45) is -3.82. The summed E-state index contributed by atoms with van der Waals surface area (Å²) in [6.45, 7) is 2.03. The molecule has 1 aromatic carbocycles. The zero-order valence-electron chi connectivity index (χ0n) is 18.8. The van der Waals surface area contributed by atoms with Crippen molar-refractivity contribution < 1.29 is 41.7 Å². The third kappa shape index (κ3) is 5.32. The second-order valence-electron chi connectivity index (χ2n) is 8.76. The number of alkyl halides is 3. The molecular weight excluding hydrogens is 443 g/mol. The molecule has 1 aliphatic heterocycles. The van der Waals surface area contributed by atoms with Crippen LogP contribution in [0.1, 0.15) is 43.7 Å². The number of carbonyl (C=O) groups excluding carboxylic acids is 2. The molecule has 180 valence electrons. The number of Topliss-reactive ketones (excluding diaryl/α,β-unsaturated/α-hetero) is 1. The summed E-state index contributed by atoms with van der Waals surface area (Å²) in [5, 5.41) is 0.